The highest BCUT2D eigenvalue weighted by atomic mass is 32.2. The maximum atomic E-state index is 12.6. The molecule has 0 aliphatic carbocycles. The van der Waals surface area contributed by atoms with Crippen LogP contribution in [0, 0.1) is 0 Å². The number of aromatic nitrogens is 2. The number of anilines is 1. The molecular weight excluding hydrogens is 348 g/mol. The van der Waals surface area contributed by atoms with Gasteiger partial charge in [-0.15, -0.1) is 0 Å². The van der Waals surface area contributed by atoms with Gasteiger partial charge in [-0.2, -0.15) is 0 Å². The van der Waals surface area contributed by atoms with Gasteiger partial charge in [0.15, 0.2) is 5.16 Å². The van der Waals surface area contributed by atoms with Crippen LogP contribution < -0.4 is 11.3 Å². The van der Waals surface area contributed by atoms with Gasteiger partial charge >= 0.3 is 0 Å². The maximum absolute atomic E-state index is 12.6. The Hall–Kier alpha value is -2.28. The number of thioether (sulfide) groups is 1. The molecule has 2 aromatic rings. The van der Waals surface area contributed by atoms with Gasteiger partial charge < -0.3 is 15.6 Å². The third-order valence-electron chi connectivity index (χ3n) is 4.80. The average molecular weight is 372 g/mol. The fourth-order valence-electron chi connectivity index (χ4n) is 3.54. The topological polar surface area (TPSA) is 92.1 Å². The van der Waals surface area contributed by atoms with E-state index in [1.54, 1.807) is 0 Å². The lowest BCUT2D eigenvalue weighted by Gasteiger charge is -2.39. The summed E-state index contributed by atoms with van der Waals surface area (Å²) in [4.78, 5) is 34.0. The number of likely N-dealkylation sites (tertiary alicyclic amines) is 1. The van der Waals surface area contributed by atoms with Crippen LogP contribution >= 0.6 is 11.8 Å². The molecule has 2 heterocycles. The van der Waals surface area contributed by atoms with Gasteiger partial charge in [0.2, 0.25) is 5.91 Å². The monoisotopic (exact) mass is 372 g/mol. The molecule has 0 bridgehead atoms. The molecule has 7 heteroatoms. The predicted octanol–water partition coefficient (Wildman–Crippen LogP) is 2.90. The SMILES string of the molecule is C[C@H]1CCC[C@H](C)N1C(=O)CSc1nc(N)c(-c2ccccc2)c(=O)[nH]1. The van der Waals surface area contributed by atoms with Crippen molar-refractivity contribution >= 4 is 23.5 Å². The standard InChI is InChI=1S/C19H24N4O2S/c1-12-7-6-8-13(2)23(12)15(24)11-26-19-21-17(20)16(18(25)22-19)14-9-4-3-5-10-14/h3-5,9-10,12-13H,6-8,11H2,1-2H3,(H3,20,21,22,25)/t12-,13-/m0/s1. The minimum absolute atomic E-state index is 0.0723. The number of nitrogen functional groups attached to an aromatic ring is 1. The van der Waals surface area contributed by atoms with Crippen molar-refractivity contribution in [2.75, 3.05) is 11.5 Å². The number of hydrogen-bond acceptors (Lipinski definition) is 5. The highest BCUT2D eigenvalue weighted by Gasteiger charge is 2.28. The van der Waals surface area contributed by atoms with Crippen molar-refractivity contribution in [3.05, 3.63) is 40.7 Å². The molecule has 0 spiro atoms. The molecular formula is C19H24N4O2S. The van der Waals surface area contributed by atoms with E-state index in [0.717, 1.165) is 24.8 Å². The molecule has 1 aromatic carbocycles. The van der Waals surface area contributed by atoms with Gasteiger partial charge in [0.05, 0.1) is 11.3 Å². The number of hydrogen-bond donors (Lipinski definition) is 2. The fourth-order valence-corrected chi connectivity index (χ4v) is 4.28. The Morgan fingerprint density at radius 2 is 1.92 bits per heavy atom. The molecule has 3 N–H and O–H groups in total. The van der Waals surface area contributed by atoms with E-state index in [1.165, 1.54) is 11.8 Å². The molecule has 0 unspecified atom stereocenters. The Morgan fingerprint density at radius 1 is 1.27 bits per heavy atom. The van der Waals surface area contributed by atoms with Gasteiger partial charge in [0.25, 0.3) is 5.56 Å². The second-order valence-corrected chi connectivity index (χ2v) is 7.68. The molecule has 0 radical (unpaired) electrons. The van der Waals surface area contributed by atoms with E-state index in [9.17, 15) is 9.59 Å². The molecule has 1 aromatic heterocycles. The Labute approximate surface area is 157 Å². The second kappa shape index (κ2) is 7.95. The highest BCUT2D eigenvalue weighted by Crippen LogP contribution is 2.25. The molecule has 1 fully saturated rings. The van der Waals surface area contributed by atoms with Gasteiger partial charge in [-0.3, -0.25) is 9.59 Å². The normalized spacial score (nSPS) is 20.2. The summed E-state index contributed by atoms with van der Waals surface area (Å²) in [5.41, 5.74) is 6.80. The van der Waals surface area contributed by atoms with E-state index in [0.29, 0.717) is 10.7 Å². The average Bonchev–Trinajstić information content (AvgIpc) is 2.60. The number of amides is 1. The summed E-state index contributed by atoms with van der Waals surface area (Å²) >= 11 is 1.22. The molecule has 1 amide bonds. The van der Waals surface area contributed by atoms with Crippen LogP contribution in [0.15, 0.2) is 40.3 Å². The summed E-state index contributed by atoms with van der Waals surface area (Å²) in [5, 5.41) is 0.373. The highest BCUT2D eigenvalue weighted by molar-refractivity contribution is 7.99. The first-order valence-electron chi connectivity index (χ1n) is 8.86. The van der Waals surface area contributed by atoms with Gasteiger partial charge in [-0.25, -0.2) is 4.98 Å². The molecule has 1 aliphatic rings. The summed E-state index contributed by atoms with van der Waals surface area (Å²) in [6.45, 7) is 4.18. The Morgan fingerprint density at radius 3 is 2.54 bits per heavy atom. The molecule has 3 rings (SSSR count). The van der Waals surface area contributed by atoms with Crippen LogP contribution in [-0.2, 0) is 4.79 Å². The predicted molar refractivity (Wildman–Crippen MR) is 105 cm³/mol. The van der Waals surface area contributed by atoms with E-state index in [4.69, 9.17) is 5.73 Å². The number of aromatic amines is 1. The molecule has 1 saturated heterocycles. The number of H-pyrrole nitrogens is 1. The summed E-state index contributed by atoms with van der Waals surface area (Å²) in [7, 11) is 0. The van der Waals surface area contributed by atoms with E-state index < -0.39 is 0 Å². The molecule has 26 heavy (non-hydrogen) atoms. The van der Waals surface area contributed by atoms with Crippen molar-refractivity contribution in [2.24, 2.45) is 0 Å². The summed E-state index contributed by atoms with van der Waals surface area (Å²) in [5.74, 6) is 0.486. The number of carbonyl (C=O) groups is 1. The number of benzene rings is 1. The zero-order chi connectivity index (χ0) is 18.7. The molecule has 0 saturated carbocycles. The molecule has 2 atom stereocenters. The van der Waals surface area contributed by atoms with Crippen LogP contribution in [0.5, 0.6) is 0 Å². The number of nitrogens with one attached hydrogen (secondary N) is 1. The van der Waals surface area contributed by atoms with Crippen molar-refractivity contribution in [2.45, 2.75) is 50.4 Å². The van der Waals surface area contributed by atoms with Gasteiger partial charge in [-0.05, 0) is 38.7 Å². The Bertz CT molecular complexity index is 827. The second-order valence-electron chi connectivity index (χ2n) is 6.72. The fraction of sp³-hybridized carbons (Fsp3) is 0.421. The number of nitrogens with two attached hydrogens (primary N) is 1. The lowest BCUT2D eigenvalue weighted by atomic mass is 9.98. The maximum Gasteiger partial charge on any atom is 0.261 e. The first-order chi connectivity index (χ1) is 12.5. The first-order valence-corrected chi connectivity index (χ1v) is 9.85. The minimum atomic E-state index is -0.293. The third kappa shape index (κ3) is 3.93. The Balaban J connectivity index is 1.73. The number of piperidine rings is 1. The van der Waals surface area contributed by atoms with E-state index in [-0.39, 0.29) is 35.1 Å². The van der Waals surface area contributed by atoms with Crippen LogP contribution in [-0.4, -0.2) is 38.6 Å². The Kier molecular flexibility index (Phi) is 5.66. The van der Waals surface area contributed by atoms with Crippen molar-refractivity contribution in [1.82, 2.24) is 14.9 Å². The van der Waals surface area contributed by atoms with Crippen molar-refractivity contribution < 1.29 is 4.79 Å². The van der Waals surface area contributed by atoms with E-state index >= 15 is 0 Å². The zero-order valence-electron chi connectivity index (χ0n) is 15.1. The lowest BCUT2D eigenvalue weighted by Crippen LogP contribution is -2.48. The first kappa shape index (κ1) is 18.5. The smallest absolute Gasteiger partial charge is 0.261 e. The van der Waals surface area contributed by atoms with Gasteiger partial charge in [0, 0.05) is 12.1 Å². The quantitative estimate of drug-likeness (QED) is 0.636. The van der Waals surface area contributed by atoms with Crippen LogP contribution in [0.3, 0.4) is 0 Å². The number of carbonyl (C=O) groups excluding carboxylic acids is 1. The largest absolute Gasteiger partial charge is 0.383 e. The van der Waals surface area contributed by atoms with Gasteiger partial charge in [-0.1, -0.05) is 42.1 Å². The lowest BCUT2D eigenvalue weighted by molar-refractivity contribution is -0.134. The molecule has 138 valence electrons. The van der Waals surface area contributed by atoms with Crippen LogP contribution in [0.1, 0.15) is 33.1 Å². The summed E-state index contributed by atoms with van der Waals surface area (Å²) in [6.07, 6.45) is 3.23. The van der Waals surface area contributed by atoms with E-state index in [1.807, 2.05) is 35.2 Å². The molecule has 1 aliphatic heterocycles. The van der Waals surface area contributed by atoms with Crippen molar-refractivity contribution in [3.8, 4) is 11.1 Å². The summed E-state index contributed by atoms with van der Waals surface area (Å²) < 4.78 is 0. The van der Waals surface area contributed by atoms with Crippen LogP contribution in [0.4, 0.5) is 5.82 Å². The van der Waals surface area contributed by atoms with Crippen molar-refractivity contribution in [1.29, 1.82) is 0 Å². The van der Waals surface area contributed by atoms with Gasteiger partial charge in [0.1, 0.15) is 5.82 Å². The minimum Gasteiger partial charge on any atom is -0.383 e. The summed E-state index contributed by atoms with van der Waals surface area (Å²) in [6, 6.07) is 9.71. The zero-order valence-corrected chi connectivity index (χ0v) is 15.9. The van der Waals surface area contributed by atoms with Crippen molar-refractivity contribution in [3.63, 3.8) is 0 Å². The number of nitrogens with zero attached hydrogens (tertiary/aromatic N) is 2. The molecule has 6 nitrogen and oxygen atoms in total. The van der Waals surface area contributed by atoms with Crippen LogP contribution in [0.25, 0.3) is 11.1 Å². The van der Waals surface area contributed by atoms with Crippen LogP contribution in [0.2, 0.25) is 0 Å². The number of rotatable bonds is 4. The third-order valence-corrected chi connectivity index (χ3v) is 5.66. The van der Waals surface area contributed by atoms with E-state index in [2.05, 4.69) is 23.8 Å².